The predicted octanol–water partition coefficient (Wildman–Crippen LogP) is 1.86. The minimum absolute atomic E-state index is 0.0643. The average Bonchev–Trinajstić information content (AvgIpc) is 2.15. The molecule has 0 amide bonds. The Balaban J connectivity index is 3.03. The molecule has 0 aliphatic rings. The van der Waals surface area contributed by atoms with Gasteiger partial charge in [-0.25, -0.2) is 4.39 Å². The van der Waals surface area contributed by atoms with Crippen molar-refractivity contribution in [3.05, 3.63) is 35.6 Å². The lowest BCUT2D eigenvalue weighted by Crippen LogP contribution is -2.10. The average molecular weight is 181 g/mol. The Kier molecular flexibility index (Phi) is 2.74. The number of hydrogen-bond donors (Lipinski definition) is 1. The number of ketones is 1. The summed E-state index contributed by atoms with van der Waals surface area (Å²) < 4.78 is 12.6. The molecule has 0 spiro atoms. The monoisotopic (exact) mass is 181 g/mol. The molecule has 13 heavy (non-hydrogen) atoms. The second-order valence-corrected chi connectivity index (χ2v) is 2.52. The van der Waals surface area contributed by atoms with E-state index >= 15 is 0 Å². The zero-order valence-electron chi connectivity index (χ0n) is 6.99. The first-order chi connectivity index (χ1) is 6.15. The van der Waals surface area contributed by atoms with E-state index in [9.17, 15) is 9.18 Å². The van der Waals surface area contributed by atoms with Crippen molar-refractivity contribution in [2.24, 2.45) is 5.16 Å². The van der Waals surface area contributed by atoms with Crippen molar-refractivity contribution in [1.82, 2.24) is 0 Å². The number of hydrogen-bond acceptors (Lipinski definition) is 3. The van der Waals surface area contributed by atoms with E-state index in [1.54, 1.807) is 0 Å². The molecule has 1 aromatic carbocycles. The Bertz CT molecular complexity index is 360. The van der Waals surface area contributed by atoms with E-state index in [1.807, 2.05) is 0 Å². The third kappa shape index (κ3) is 2.11. The summed E-state index contributed by atoms with van der Waals surface area (Å²) in [5.41, 5.74) is 0.112. The molecule has 0 unspecified atom stereocenters. The second kappa shape index (κ2) is 3.80. The van der Waals surface area contributed by atoms with Gasteiger partial charge in [-0.3, -0.25) is 4.79 Å². The Morgan fingerprint density at radius 2 is 2.23 bits per heavy atom. The normalized spacial score (nSPS) is 11.4. The van der Waals surface area contributed by atoms with Gasteiger partial charge in [-0.2, -0.15) is 0 Å². The Hall–Kier alpha value is -1.71. The number of halogens is 1. The van der Waals surface area contributed by atoms with Crippen LogP contribution in [0.25, 0.3) is 0 Å². The molecule has 0 aliphatic heterocycles. The fraction of sp³-hybridized carbons (Fsp3) is 0.111. The minimum atomic E-state index is -0.489. The number of benzene rings is 1. The standard InChI is InChI=1S/C9H8FNO2/c1-6(11-13)9(12)7-3-2-4-8(10)5-7/h2-5,13H,1H3. The fourth-order valence-electron chi connectivity index (χ4n) is 0.884. The highest BCUT2D eigenvalue weighted by molar-refractivity contribution is 6.45. The SMILES string of the molecule is CC(=NO)C(=O)c1cccc(F)c1. The van der Waals surface area contributed by atoms with Gasteiger partial charge in [-0.15, -0.1) is 0 Å². The third-order valence-electron chi connectivity index (χ3n) is 1.57. The van der Waals surface area contributed by atoms with E-state index < -0.39 is 11.6 Å². The van der Waals surface area contributed by atoms with Crippen molar-refractivity contribution in [3.8, 4) is 0 Å². The van der Waals surface area contributed by atoms with Crippen molar-refractivity contribution < 1.29 is 14.4 Å². The van der Waals surface area contributed by atoms with Crippen LogP contribution in [0.3, 0.4) is 0 Å². The van der Waals surface area contributed by atoms with E-state index in [4.69, 9.17) is 5.21 Å². The highest BCUT2D eigenvalue weighted by atomic mass is 19.1. The minimum Gasteiger partial charge on any atom is -0.411 e. The molecule has 0 fully saturated rings. The van der Waals surface area contributed by atoms with E-state index in [0.717, 1.165) is 6.07 Å². The van der Waals surface area contributed by atoms with Crippen LogP contribution in [0.4, 0.5) is 4.39 Å². The lowest BCUT2D eigenvalue weighted by molar-refractivity contribution is 0.106. The largest absolute Gasteiger partial charge is 0.411 e. The van der Waals surface area contributed by atoms with Crippen LogP contribution in [0.1, 0.15) is 17.3 Å². The topological polar surface area (TPSA) is 49.7 Å². The van der Waals surface area contributed by atoms with Gasteiger partial charge < -0.3 is 5.21 Å². The maximum Gasteiger partial charge on any atom is 0.210 e. The van der Waals surface area contributed by atoms with E-state index in [0.29, 0.717) is 0 Å². The number of rotatable bonds is 2. The van der Waals surface area contributed by atoms with Crippen molar-refractivity contribution in [2.75, 3.05) is 0 Å². The Morgan fingerprint density at radius 1 is 1.54 bits per heavy atom. The maximum atomic E-state index is 12.6. The molecule has 4 heteroatoms. The van der Waals surface area contributed by atoms with Gasteiger partial charge in [0.15, 0.2) is 0 Å². The summed E-state index contributed by atoms with van der Waals surface area (Å²) in [6.45, 7) is 1.35. The molecule has 68 valence electrons. The molecule has 1 N–H and O–H groups in total. The third-order valence-corrected chi connectivity index (χ3v) is 1.57. The van der Waals surface area contributed by atoms with Crippen molar-refractivity contribution in [1.29, 1.82) is 0 Å². The highest BCUT2D eigenvalue weighted by Gasteiger charge is 2.09. The molecule has 1 rings (SSSR count). The van der Waals surface area contributed by atoms with E-state index in [-0.39, 0.29) is 11.3 Å². The molecule has 0 bridgehead atoms. The number of carbonyl (C=O) groups is 1. The predicted molar refractivity (Wildman–Crippen MR) is 45.6 cm³/mol. The van der Waals surface area contributed by atoms with Gasteiger partial charge in [0.25, 0.3) is 0 Å². The van der Waals surface area contributed by atoms with Gasteiger partial charge in [0.2, 0.25) is 5.78 Å². The highest BCUT2D eigenvalue weighted by Crippen LogP contribution is 2.05. The Labute approximate surface area is 74.5 Å². The van der Waals surface area contributed by atoms with E-state index in [2.05, 4.69) is 5.16 Å². The summed E-state index contributed by atoms with van der Waals surface area (Å²) in [5.74, 6) is -0.974. The number of nitrogens with zero attached hydrogens (tertiary/aromatic N) is 1. The smallest absolute Gasteiger partial charge is 0.210 e. The maximum absolute atomic E-state index is 12.6. The van der Waals surface area contributed by atoms with Gasteiger partial charge in [-0.05, 0) is 19.1 Å². The molecule has 0 atom stereocenters. The van der Waals surface area contributed by atoms with Crippen LogP contribution in [0.15, 0.2) is 29.4 Å². The van der Waals surface area contributed by atoms with Crippen LogP contribution in [0.2, 0.25) is 0 Å². The van der Waals surface area contributed by atoms with E-state index in [1.165, 1.54) is 25.1 Å². The molecule has 3 nitrogen and oxygen atoms in total. The molecular formula is C9H8FNO2. The number of Topliss-reactive ketones (excluding diaryl/α,β-unsaturated/α-hetero) is 1. The molecule has 0 saturated heterocycles. The van der Waals surface area contributed by atoms with Gasteiger partial charge in [-0.1, -0.05) is 17.3 Å². The second-order valence-electron chi connectivity index (χ2n) is 2.52. The van der Waals surface area contributed by atoms with Crippen LogP contribution in [-0.2, 0) is 0 Å². The van der Waals surface area contributed by atoms with Gasteiger partial charge in [0.1, 0.15) is 11.5 Å². The molecule has 0 saturated carbocycles. The van der Waals surface area contributed by atoms with Crippen LogP contribution < -0.4 is 0 Å². The van der Waals surface area contributed by atoms with Crippen molar-refractivity contribution in [2.45, 2.75) is 6.92 Å². The van der Waals surface area contributed by atoms with Crippen molar-refractivity contribution in [3.63, 3.8) is 0 Å². The lowest BCUT2D eigenvalue weighted by atomic mass is 10.1. The molecule has 0 aliphatic carbocycles. The summed E-state index contributed by atoms with van der Waals surface area (Å²) in [6.07, 6.45) is 0. The molecule has 0 radical (unpaired) electrons. The first-order valence-electron chi connectivity index (χ1n) is 3.64. The molecule has 0 aromatic heterocycles. The fourth-order valence-corrected chi connectivity index (χ4v) is 0.884. The summed E-state index contributed by atoms with van der Waals surface area (Å²) in [6, 6.07) is 5.21. The quantitative estimate of drug-likeness (QED) is 0.327. The summed E-state index contributed by atoms with van der Waals surface area (Å²) >= 11 is 0. The number of oxime groups is 1. The lowest BCUT2D eigenvalue weighted by Gasteiger charge is -1.97. The number of carbonyl (C=O) groups excluding carboxylic acids is 1. The molecular weight excluding hydrogens is 173 g/mol. The first kappa shape index (κ1) is 9.38. The summed E-state index contributed by atoms with van der Waals surface area (Å²) in [7, 11) is 0. The van der Waals surface area contributed by atoms with Gasteiger partial charge in [0, 0.05) is 5.56 Å². The molecule has 0 heterocycles. The summed E-state index contributed by atoms with van der Waals surface area (Å²) in [4.78, 5) is 11.3. The zero-order valence-corrected chi connectivity index (χ0v) is 6.99. The zero-order chi connectivity index (χ0) is 9.84. The summed E-state index contributed by atoms with van der Waals surface area (Å²) in [5, 5.41) is 11.0. The van der Waals surface area contributed by atoms with Crippen LogP contribution in [-0.4, -0.2) is 16.7 Å². The van der Waals surface area contributed by atoms with Gasteiger partial charge in [0.05, 0.1) is 0 Å². The van der Waals surface area contributed by atoms with Crippen LogP contribution in [0.5, 0.6) is 0 Å². The first-order valence-corrected chi connectivity index (χ1v) is 3.64. The molecule has 1 aromatic rings. The van der Waals surface area contributed by atoms with Gasteiger partial charge >= 0.3 is 0 Å². The Morgan fingerprint density at radius 3 is 2.77 bits per heavy atom. The van der Waals surface area contributed by atoms with Crippen LogP contribution >= 0.6 is 0 Å². The van der Waals surface area contributed by atoms with Crippen LogP contribution in [0, 0.1) is 5.82 Å². The van der Waals surface area contributed by atoms with Crippen molar-refractivity contribution >= 4 is 11.5 Å².